The smallest absolute Gasteiger partial charge is 0.164 e. The lowest BCUT2D eigenvalue weighted by Crippen LogP contribution is -2.00. The molecule has 0 spiro atoms. The van der Waals surface area contributed by atoms with E-state index in [0.29, 0.717) is 17.5 Å². The second kappa shape index (κ2) is 11.0. The molecule has 0 aliphatic rings. The van der Waals surface area contributed by atoms with Gasteiger partial charge in [-0.15, -0.1) is 0 Å². The van der Waals surface area contributed by atoms with E-state index in [4.69, 9.17) is 15.0 Å². The number of hydrogen-bond donors (Lipinski definition) is 0. The van der Waals surface area contributed by atoms with Gasteiger partial charge < -0.3 is 4.57 Å². The maximum Gasteiger partial charge on any atom is 0.164 e. The van der Waals surface area contributed by atoms with Crippen LogP contribution in [0.3, 0.4) is 0 Å². The van der Waals surface area contributed by atoms with Crippen molar-refractivity contribution in [3.8, 4) is 39.9 Å². The Morgan fingerprint density at radius 1 is 0.306 bits per heavy atom. The quantitative estimate of drug-likeness (QED) is 0.196. The van der Waals surface area contributed by atoms with Crippen molar-refractivity contribution < 1.29 is 0 Å². The van der Waals surface area contributed by atoms with Crippen LogP contribution in [0.4, 0.5) is 0 Å². The topological polar surface area (TPSA) is 43.6 Å². The molecule has 2 heterocycles. The fourth-order valence-electron chi connectivity index (χ4n) is 7.12. The number of fused-ring (bicyclic) bond motifs is 6. The molecule has 0 saturated carbocycles. The van der Waals surface area contributed by atoms with Crippen LogP contribution < -0.4 is 0 Å². The van der Waals surface area contributed by atoms with Crippen LogP contribution in [0, 0.1) is 0 Å². The van der Waals surface area contributed by atoms with Crippen molar-refractivity contribution in [3.05, 3.63) is 170 Å². The molecule has 0 bridgehead atoms. The van der Waals surface area contributed by atoms with Crippen molar-refractivity contribution in [2.45, 2.75) is 0 Å². The second-order valence-electron chi connectivity index (χ2n) is 12.5. The summed E-state index contributed by atoms with van der Waals surface area (Å²) >= 11 is 0. The van der Waals surface area contributed by atoms with Gasteiger partial charge in [-0.25, -0.2) is 15.0 Å². The number of aromatic nitrogens is 4. The zero-order valence-electron chi connectivity index (χ0n) is 26.5. The first-order valence-corrected chi connectivity index (χ1v) is 16.5. The summed E-state index contributed by atoms with van der Waals surface area (Å²) in [7, 11) is 0. The van der Waals surface area contributed by atoms with Crippen LogP contribution in [0.1, 0.15) is 0 Å². The van der Waals surface area contributed by atoms with Gasteiger partial charge in [0.1, 0.15) is 0 Å². The van der Waals surface area contributed by atoms with Gasteiger partial charge in [-0.3, -0.25) is 0 Å². The molecular formula is C45H28N4. The lowest BCUT2D eigenvalue weighted by atomic mass is 10.0. The van der Waals surface area contributed by atoms with Crippen LogP contribution in [-0.2, 0) is 0 Å². The van der Waals surface area contributed by atoms with E-state index >= 15 is 0 Å². The largest absolute Gasteiger partial charge is 0.309 e. The Bertz CT molecular complexity index is 2890. The summed E-state index contributed by atoms with van der Waals surface area (Å²) < 4.78 is 2.39. The molecule has 0 N–H and O–H groups in total. The van der Waals surface area contributed by atoms with Crippen LogP contribution >= 0.6 is 0 Å². The summed E-state index contributed by atoms with van der Waals surface area (Å²) in [6, 6.07) is 60.0. The molecule has 49 heavy (non-hydrogen) atoms. The second-order valence-corrected chi connectivity index (χ2v) is 12.5. The van der Waals surface area contributed by atoms with E-state index in [1.165, 1.54) is 38.0 Å². The van der Waals surface area contributed by atoms with Crippen LogP contribution in [0.25, 0.3) is 94.0 Å². The van der Waals surface area contributed by atoms with E-state index in [1.54, 1.807) is 0 Å². The van der Waals surface area contributed by atoms with Gasteiger partial charge in [0.25, 0.3) is 0 Å². The monoisotopic (exact) mass is 624 g/mol. The van der Waals surface area contributed by atoms with Crippen molar-refractivity contribution in [1.82, 2.24) is 19.5 Å². The molecule has 4 nitrogen and oxygen atoms in total. The Kier molecular flexibility index (Phi) is 6.15. The molecular weight excluding hydrogens is 597 g/mol. The Morgan fingerprint density at radius 3 is 1.57 bits per heavy atom. The molecule has 0 unspecified atom stereocenters. The zero-order chi connectivity index (χ0) is 32.3. The fraction of sp³-hybridized carbons (Fsp3) is 0. The Balaban J connectivity index is 1.15. The van der Waals surface area contributed by atoms with Gasteiger partial charge in [-0.2, -0.15) is 0 Å². The predicted molar refractivity (Wildman–Crippen MR) is 203 cm³/mol. The zero-order valence-corrected chi connectivity index (χ0v) is 26.5. The molecule has 0 fully saturated rings. The highest BCUT2D eigenvalue weighted by Crippen LogP contribution is 2.36. The molecule has 10 rings (SSSR count). The summed E-state index contributed by atoms with van der Waals surface area (Å²) in [6.45, 7) is 0. The minimum Gasteiger partial charge on any atom is -0.309 e. The maximum absolute atomic E-state index is 5.07. The van der Waals surface area contributed by atoms with E-state index in [-0.39, 0.29) is 0 Å². The summed E-state index contributed by atoms with van der Waals surface area (Å²) in [5, 5.41) is 9.59. The minimum atomic E-state index is 0.646. The van der Waals surface area contributed by atoms with Crippen LogP contribution in [0.15, 0.2) is 170 Å². The lowest BCUT2D eigenvalue weighted by molar-refractivity contribution is 1.07. The predicted octanol–water partition coefficient (Wildman–Crippen LogP) is 11.4. The summed E-state index contributed by atoms with van der Waals surface area (Å²) in [5.41, 5.74) is 6.36. The third-order valence-corrected chi connectivity index (χ3v) is 9.56. The summed E-state index contributed by atoms with van der Waals surface area (Å²) in [5.74, 6) is 1.95. The highest BCUT2D eigenvalue weighted by molar-refractivity contribution is 6.13. The van der Waals surface area contributed by atoms with Gasteiger partial charge in [0.05, 0.1) is 11.0 Å². The summed E-state index contributed by atoms with van der Waals surface area (Å²) in [6.07, 6.45) is 0. The van der Waals surface area contributed by atoms with E-state index in [2.05, 4.69) is 144 Å². The Hall–Kier alpha value is -6.65. The fourth-order valence-corrected chi connectivity index (χ4v) is 7.12. The maximum atomic E-state index is 5.07. The molecule has 0 aliphatic heterocycles. The number of rotatable bonds is 4. The third-order valence-electron chi connectivity index (χ3n) is 9.56. The van der Waals surface area contributed by atoms with Gasteiger partial charge in [-0.05, 0) is 74.8 Å². The number of para-hydroxylation sites is 1. The SMILES string of the molecule is c1ccc(-c2nc(-c3ccc4ccccc4c3)nc(-c3ccc4ccc(-n5c6ccccc6c6cc7ccccc7cc65)cc4c3)n2)cc1. The molecule has 228 valence electrons. The van der Waals surface area contributed by atoms with Gasteiger partial charge in [0.15, 0.2) is 17.5 Å². The van der Waals surface area contributed by atoms with E-state index < -0.39 is 0 Å². The first kappa shape index (κ1) is 27.5. The first-order chi connectivity index (χ1) is 24.2. The normalized spacial score (nSPS) is 11.7. The van der Waals surface area contributed by atoms with Crippen LogP contribution in [-0.4, -0.2) is 19.5 Å². The van der Waals surface area contributed by atoms with Gasteiger partial charge >= 0.3 is 0 Å². The molecule has 0 aliphatic carbocycles. The van der Waals surface area contributed by atoms with Gasteiger partial charge in [0, 0.05) is 33.2 Å². The summed E-state index contributed by atoms with van der Waals surface area (Å²) in [4.78, 5) is 15.1. The van der Waals surface area contributed by atoms with Crippen molar-refractivity contribution in [2.75, 3.05) is 0 Å². The molecule has 4 heteroatoms. The number of benzene rings is 8. The van der Waals surface area contributed by atoms with Crippen molar-refractivity contribution in [2.24, 2.45) is 0 Å². The molecule has 8 aromatic carbocycles. The standard InChI is InChI=1S/C45H28N4/c1-2-11-31(12-3-1)43-46-44(35-20-18-29-10-4-5-13-32(29)24-35)48-45(47-43)36-21-19-30-22-23-38(26-37(30)25-36)49-41-17-9-8-16-39(41)40-27-33-14-6-7-15-34(33)28-42(40)49/h1-28H. The van der Waals surface area contributed by atoms with Crippen LogP contribution in [0.5, 0.6) is 0 Å². The number of nitrogens with zero attached hydrogens (tertiary/aromatic N) is 4. The highest BCUT2D eigenvalue weighted by Gasteiger charge is 2.16. The van der Waals surface area contributed by atoms with Gasteiger partial charge in [0.2, 0.25) is 0 Å². The van der Waals surface area contributed by atoms with E-state index in [0.717, 1.165) is 38.5 Å². The minimum absolute atomic E-state index is 0.646. The Labute approximate surface area is 282 Å². The Morgan fingerprint density at radius 2 is 0.837 bits per heavy atom. The first-order valence-electron chi connectivity index (χ1n) is 16.5. The molecule has 0 saturated heterocycles. The third kappa shape index (κ3) is 4.65. The average molecular weight is 625 g/mol. The molecule has 0 radical (unpaired) electrons. The van der Waals surface area contributed by atoms with E-state index in [9.17, 15) is 0 Å². The molecule has 2 aromatic heterocycles. The van der Waals surface area contributed by atoms with Gasteiger partial charge in [-0.1, -0.05) is 127 Å². The average Bonchev–Trinajstić information content (AvgIpc) is 3.49. The van der Waals surface area contributed by atoms with Crippen molar-refractivity contribution >= 4 is 54.1 Å². The van der Waals surface area contributed by atoms with Crippen molar-refractivity contribution in [3.63, 3.8) is 0 Å². The molecule has 10 aromatic rings. The van der Waals surface area contributed by atoms with Crippen molar-refractivity contribution in [1.29, 1.82) is 0 Å². The van der Waals surface area contributed by atoms with Crippen LogP contribution in [0.2, 0.25) is 0 Å². The number of hydrogen-bond acceptors (Lipinski definition) is 3. The molecule has 0 atom stereocenters. The highest BCUT2D eigenvalue weighted by atomic mass is 15.0. The lowest BCUT2D eigenvalue weighted by Gasteiger charge is -2.12. The molecule has 0 amide bonds. The van der Waals surface area contributed by atoms with E-state index in [1.807, 2.05) is 30.3 Å².